The fraction of sp³-hybridized carbons (Fsp3) is 0.538. The van der Waals surface area contributed by atoms with Crippen molar-refractivity contribution in [3.05, 3.63) is 23.8 Å². The molecule has 1 amide bonds. The second-order valence-corrected chi connectivity index (χ2v) is 4.81. The summed E-state index contributed by atoms with van der Waals surface area (Å²) in [5.74, 6) is -0.657. The second-order valence-electron chi connectivity index (χ2n) is 4.81. The van der Waals surface area contributed by atoms with Gasteiger partial charge in [0.05, 0.1) is 5.69 Å². The van der Waals surface area contributed by atoms with Gasteiger partial charge >= 0.3 is 5.97 Å². The Balaban J connectivity index is 2.31. The van der Waals surface area contributed by atoms with Crippen LogP contribution in [-0.4, -0.2) is 40.0 Å². The Morgan fingerprint density at radius 2 is 2.15 bits per heavy atom. The molecular weight excluding hydrogens is 260 g/mol. The van der Waals surface area contributed by atoms with Gasteiger partial charge in [-0.1, -0.05) is 13.8 Å². The second kappa shape index (κ2) is 8.21. The van der Waals surface area contributed by atoms with Crippen LogP contribution in [0.2, 0.25) is 0 Å². The van der Waals surface area contributed by atoms with Crippen LogP contribution in [0.3, 0.4) is 0 Å². The van der Waals surface area contributed by atoms with Crippen LogP contribution in [0.4, 0.5) is 0 Å². The van der Waals surface area contributed by atoms with E-state index in [0.717, 1.165) is 0 Å². The number of aromatic carboxylic acids is 1. The van der Waals surface area contributed by atoms with E-state index in [1.165, 1.54) is 12.5 Å². The first-order valence-electron chi connectivity index (χ1n) is 6.50. The van der Waals surface area contributed by atoms with Crippen LogP contribution in [0, 0.1) is 5.92 Å². The highest BCUT2D eigenvalue weighted by Gasteiger charge is 2.10. The van der Waals surface area contributed by atoms with Crippen molar-refractivity contribution < 1.29 is 14.7 Å². The lowest BCUT2D eigenvalue weighted by Gasteiger charge is -2.08. The van der Waals surface area contributed by atoms with Gasteiger partial charge in [0, 0.05) is 32.3 Å². The molecule has 1 rings (SSSR count). The van der Waals surface area contributed by atoms with Gasteiger partial charge in [0.15, 0.2) is 0 Å². The van der Waals surface area contributed by atoms with Gasteiger partial charge in [-0.15, -0.1) is 0 Å². The summed E-state index contributed by atoms with van der Waals surface area (Å²) < 4.78 is 0. The Hall–Kier alpha value is -2.02. The van der Waals surface area contributed by atoms with Gasteiger partial charge in [-0.2, -0.15) is 0 Å². The maximum atomic E-state index is 11.5. The van der Waals surface area contributed by atoms with E-state index in [1.54, 1.807) is 0 Å². The predicted octanol–water partition coefficient (Wildman–Crippen LogP) is 0.427. The zero-order valence-corrected chi connectivity index (χ0v) is 11.7. The summed E-state index contributed by atoms with van der Waals surface area (Å²) in [6.07, 6.45) is 2.92. The van der Waals surface area contributed by atoms with Crippen LogP contribution in [-0.2, 0) is 11.3 Å². The lowest BCUT2D eigenvalue weighted by Crippen LogP contribution is -2.30. The molecule has 110 valence electrons. The minimum Gasteiger partial charge on any atom is -0.478 e. The van der Waals surface area contributed by atoms with Crippen molar-refractivity contribution in [2.75, 3.05) is 13.1 Å². The number of nitrogens with zero attached hydrogens (tertiary/aromatic N) is 2. The van der Waals surface area contributed by atoms with Crippen molar-refractivity contribution in [2.45, 2.75) is 26.8 Å². The third kappa shape index (κ3) is 5.75. The average Bonchev–Trinajstić information content (AvgIpc) is 2.41. The van der Waals surface area contributed by atoms with Crippen molar-refractivity contribution in [1.82, 2.24) is 20.6 Å². The number of hydrogen-bond donors (Lipinski definition) is 3. The number of carboxylic acid groups (broad SMARTS) is 1. The van der Waals surface area contributed by atoms with E-state index in [4.69, 9.17) is 5.11 Å². The molecule has 1 aromatic heterocycles. The summed E-state index contributed by atoms with van der Waals surface area (Å²) in [6, 6.07) is 0. The summed E-state index contributed by atoms with van der Waals surface area (Å²) in [5, 5.41) is 14.8. The molecule has 0 bridgehead atoms. The molecule has 0 aliphatic carbocycles. The van der Waals surface area contributed by atoms with E-state index in [2.05, 4.69) is 20.6 Å². The van der Waals surface area contributed by atoms with Gasteiger partial charge in [0.2, 0.25) is 5.91 Å². The minimum absolute atomic E-state index is 0.0210. The Labute approximate surface area is 117 Å². The van der Waals surface area contributed by atoms with E-state index in [1.807, 2.05) is 13.8 Å². The molecule has 0 fully saturated rings. The van der Waals surface area contributed by atoms with Crippen LogP contribution in [0.5, 0.6) is 0 Å². The van der Waals surface area contributed by atoms with Crippen molar-refractivity contribution in [3.63, 3.8) is 0 Å². The van der Waals surface area contributed by atoms with Crippen molar-refractivity contribution >= 4 is 11.9 Å². The number of carbonyl (C=O) groups is 2. The summed E-state index contributed by atoms with van der Waals surface area (Å²) in [4.78, 5) is 30.0. The molecule has 0 atom stereocenters. The Bertz CT molecular complexity index is 463. The van der Waals surface area contributed by atoms with E-state index >= 15 is 0 Å². The number of carbonyl (C=O) groups excluding carboxylic acids is 1. The Kier molecular flexibility index (Phi) is 6.58. The van der Waals surface area contributed by atoms with E-state index in [-0.39, 0.29) is 11.5 Å². The van der Waals surface area contributed by atoms with Gasteiger partial charge in [0.25, 0.3) is 0 Å². The SMILES string of the molecule is CC(C)CNC(=O)CCNCc1ncncc1C(=O)O. The minimum atomic E-state index is -1.06. The number of rotatable bonds is 8. The van der Waals surface area contributed by atoms with Crippen LogP contribution < -0.4 is 10.6 Å². The fourth-order valence-electron chi connectivity index (χ4n) is 1.49. The molecule has 7 nitrogen and oxygen atoms in total. The molecule has 0 aromatic carbocycles. The number of amides is 1. The third-order valence-corrected chi connectivity index (χ3v) is 2.55. The van der Waals surface area contributed by atoms with Gasteiger partial charge < -0.3 is 15.7 Å². The van der Waals surface area contributed by atoms with Gasteiger partial charge in [0.1, 0.15) is 11.9 Å². The molecule has 7 heteroatoms. The third-order valence-electron chi connectivity index (χ3n) is 2.55. The van der Waals surface area contributed by atoms with E-state index in [9.17, 15) is 9.59 Å². The normalized spacial score (nSPS) is 10.6. The quantitative estimate of drug-likeness (QED) is 0.596. The lowest BCUT2D eigenvalue weighted by atomic mass is 10.2. The standard InChI is InChI=1S/C13H20N4O3/c1-9(2)5-16-12(18)3-4-14-7-11-10(13(19)20)6-15-8-17-11/h6,8-9,14H,3-5,7H2,1-2H3,(H,16,18)(H,19,20). The summed E-state index contributed by atoms with van der Waals surface area (Å²) in [5.41, 5.74) is 0.486. The molecule has 0 aliphatic rings. The first-order chi connectivity index (χ1) is 9.50. The number of hydrogen-bond acceptors (Lipinski definition) is 5. The summed E-state index contributed by atoms with van der Waals surface area (Å²) in [6.45, 7) is 5.48. The van der Waals surface area contributed by atoms with E-state index < -0.39 is 5.97 Å². The fourth-order valence-corrected chi connectivity index (χ4v) is 1.49. The van der Waals surface area contributed by atoms with Crippen LogP contribution in [0.1, 0.15) is 36.3 Å². The Morgan fingerprint density at radius 1 is 1.40 bits per heavy atom. The lowest BCUT2D eigenvalue weighted by molar-refractivity contribution is -0.121. The van der Waals surface area contributed by atoms with Gasteiger partial charge in [-0.25, -0.2) is 14.8 Å². The first kappa shape index (κ1) is 16.0. The maximum absolute atomic E-state index is 11.5. The molecule has 0 radical (unpaired) electrons. The molecule has 0 aliphatic heterocycles. The summed E-state index contributed by atoms with van der Waals surface area (Å²) >= 11 is 0. The van der Waals surface area contributed by atoms with E-state index in [0.29, 0.717) is 37.7 Å². The zero-order valence-electron chi connectivity index (χ0n) is 11.7. The number of aromatic nitrogens is 2. The molecule has 0 unspecified atom stereocenters. The zero-order chi connectivity index (χ0) is 15.0. The molecule has 0 saturated carbocycles. The monoisotopic (exact) mass is 280 g/mol. The molecule has 1 aromatic rings. The summed E-state index contributed by atoms with van der Waals surface area (Å²) in [7, 11) is 0. The number of carboxylic acids is 1. The highest BCUT2D eigenvalue weighted by molar-refractivity contribution is 5.88. The van der Waals surface area contributed by atoms with Crippen molar-refractivity contribution in [2.24, 2.45) is 5.92 Å². The molecule has 20 heavy (non-hydrogen) atoms. The molecule has 0 spiro atoms. The highest BCUT2D eigenvalue weighted by Crippen LogP contribution is 2.02. The van der Waals surface area contributed by atoms with Crippen molar-refractivity contribution in [3.8, 4) is 0 Å². The molecule has 0 saturated heterocycles. The largest absolute Gasteiger partial charge is 0.478 e. The first-order valence-corrected chi connectivity index (χ1v) is 6.50. The average molecular weight is 280 g/mol. The maximum Gasteiger partial charge on any atom is 0.339 e. The van der Waals surface area contributed by atoms with Crippen LogP contribution in [0.25, 0.3) is 0 Å². The number of nitrogens with one attached hydrogen (secondary N) is 2. The predicted molar refractivity (Wildman–Crippen MR) is 73.2 cm³/mol. The van der Waals surface area contributed by atoms with Gasteiger partial charge in [-0.3, -0.25) is 4.79 Å². The van der Waals surface area contributed by atoms with Crippen LogP contribution >= 0.6 is 0 Å². The van der Waals surface area contributed by atoms with Gasteiger partial charge in [-0.05, 0) is 5.92 Å². The van der Waals surface area contributed by atoms with Crippen LogP contribution in [0.15, 0.2) is 12.5 Å². The smallest absolute Gasteiger partial charge is 0.339 e. The molecule has 1 heterocycles. The topological polar surface area (TPSA) is 104 Å². The molecule has 3 N–H and O–H groups in total. The highest BCUT2D eigenvalue weighted by atomic mass is 16.4. The van der Waals surface area contributed by atoms with Crippen molar-refractivity contribution in [1.29, 1.82) is 0 Å². The Morgan fingerprint density at radius 3 is 2.80 bits per heavy atom. The molecular formula is C13H20N4O3.